The minimum Gasteiger partial charge on any atom is -0.378 e. The maximum atomic E-state index is 10.5. The first kappa shape index (κ1) is 11.5. The summed E-state index contributed by atoms with van der Waals surface area (Å²) >= 11 is 0. The van der Waals surface area contributed by atoms with Gasteiger partial charge in [-0.1, -0.05) is 13.0 Å². The Kier molecular flexibility index (Phi) is 3.95. The predicted octanol–water partition coefficient (Wildman–Crippen LogP) is 1.12. The molecule has 0 bridgehead atoms. The van der Waals surface area contributed by atoms with Crippen LogP contribution in [0, 0.1) is 5.92 Å². The van der Waals surface area contributed by atoms with Crippen LogP contribution in [0.25, 0.3) is 0 Å². The smallest absolute Gasteiger partial charge is 0.265 e. The number of nitrogens with zero attached hydrogens (tertiary/aromatic N) is 1. The summed E-state index contributed by atoms with van der Waals surface area (Å²) in [6.07, 6.45) is 6.18. The Bertz CT molecular complexity index is 291. The Balaban J connectivity index is 2.35. The Morgan fingerprint density at radius 3 is 2.50 bits per heavy atom. The van der Waals surface area contributed by atoms with Crippen LogP contribution in [0.2, 0.25) is 0 Å². The van der Waals surface area contributed by atoms with Gasteiger partial charge in [-0.3, -0.25) is 4.55 Å². The average Bonchev–Trinajstić information content (AvgIpc) is 2.49. The third-order valence-corrected chi connectivity index (χ3v) is 3.19. The number of hydrogen-bond donors (Lipinski definition) is 1. The fourth-order valence-corrected chi connectivity index (χ4v) is 2.32. The van der Waals surface area contributed by atoms with E-state index in [2.05, 4.69) is 4.90 Å². The van der Waals surface area contributed by atoms with Crippen LogP contribution >= 0.6 is 0 Å². The molecule has 14 heavy (non-hydrogen) atoms. The Hall–Kier alpha value is -0.550. The van der Waals surface area contributed by atoms with E-state index in [-0.39, 0.29) is 11.7 Å². The highest BCUT2D eigenvalue weighted by Crippen LogP contribution is 2.09. The van der Waals surface area contributed by atoms with Gasteiger partial charge in [0.1, 0.15) is 0 Å². The van der Waals surface area contributed by atoms with E-state index in [4.69, 9.17) is 4.55 Å². The van der Waals surface area contributed by atoms with Crippen molar-refractivity contribution in [3.05, 3.63) is 12.3 Å². The molecule has 5 heteroatoms. The zero-order chi connectivity index (χ0) is 10.6. The summed E-state index contributed by atoms with van der Waals surface area (Å²) < 4.78 is 29.7. The molecule has 0 spiro atoms. The van der Waals surface area contributed by atoms with Gasteiger partial charge in [-0.15, -0.1) is 0 Å². The number of rotatable bonds is 4. The summed E-state index contributed by atoms with van der Waals surface area (Å²) in [5.41, 5.74) is 0. The molecule has 1 fully saturated rings. The molecule has 1 N–H and O–H groups in total. The first-order chi connectivity index (χ1) is 6.47. The number of likely N-dealkylation sites (tertiary alicyclic amines) is 1. The normalized spacial score (nSPS) is 20.6. The third kappa shape index (κ3) is 4.62. The topological polar surface area (TPSA) is 57.6 Å². The SMILES string of the molecule is CC(C=CN1CCCC1)CS(=O)(=O)O. The van der Waals surface area contributed by atoms with Crippen LogP contribution in [0.1, 0.15) is 19.8 Å². The number of allylic oxidation sites excluding steroid dienone is 1. The minimum atomic E-state index is -3.84. The highest BCUT2D eigenvalue weighted by atomic mass is 32.2. The van der Waals surface area contributed by atoms with Gasteiger partial charge in [0, 0.05) is 13.1 Å². The molecule has 0 aromatic carbocycles. The van der Waals surface area contributed by atoms with Gasteiger partial charge >= 0.3 is 0 Å². The third-order valence-electron chi connectivity index (χ3n) is 2.24. The van der Waals surface area contributed by atoms with Crippen molar-refractivity contribution in [1.82, 2.24) is 4.90 Å². The van der Waals surface area contributed by atoms with E-state index in [1.54, 1.807) is 6.92 Å². The average molecular weight is 219 g/mol. The molecule has 1 saturated heterocycles. The quantitative estimate of drug-likeness (QED) is 0.720. The van der Waals surface area contributed by atoms with E-state index in [0.29, 0.717) is 0 Å². The van der Waals surface area contributed by atoms with Crippen LogP contribution in [-0.4, -0.2) is 36.7 Å². The Morgan fingerprint density at radius 2 is 2.00 bits per heavy atom. The molecule has 0 aromatic heterocycles. The van der Waals surface area contributed by atoms with Crippen LogP contribution in [0.15, 0.2) is 12.3 Å². The molecular formula is C9H17NO3S. The summed E-state index contributed by atoms with van der Waals surface area (Å²) in [5, 5.41) is 0. The second-order valence-electron chi connectivity index (χ2n) is 3.81. The van der Waals surface area contributed by atoms with Gasteiger partial charge in [0.15, 0.2) is 0 Å². The summed E-state index contributed by atoms with van der Waals surface area (Å²) in [4.78, 5) is 2.17. The summed E-state index contributed by atoms with van der Waals surface area (Å²) in [6.45, 7) is 3.88. The van der Waals surface area contributed by atoms with Crippen molar-refractivity contribution in [1.29, 1.82) is 0 Å². The van der Waals surface area contributed by atoms with Crippen LogP contribution in [0.3, 0.4) is 0 Å². The highest BCUT2D eigenvalue weighted by molar-refractivity contribution is 7.85. The van der Waals surface area contributed by atoms with E-state index in [9.17, 15) is 8.42 Å². The van der Waals surface area contributed by atoms with Crippen LogP contribution in [-0.2, 0) is 10.1 Å². The molecule has 0 amide bonds. The van der Waals surface area contributed by atoms with Gasteiger partial charge in [0.05, 0.1) is 5.75 Å². The van der Waals surface area contributed by atoms with Crippen molar-refractivity contribution in [2.24, 2.45) is 5.92 Å². The zero-order valence-electron chi connectivity index (χ0n) is 8.39. The van der Waals surface area contributed by atoms with Crippen LogP contribution in [0.5, 0.6) is 0 Å². The lowest BCUT2D eigenvalue weighted by atomic mass is 10.2. The van der Waals surface area contributed by atoms with Crippen molar-refractivity contribution < 1.29 is 13.0 Å². The first-order valence-electron chi connectivity index (χ1n) is 4.85. The Labute approximate surface area is 85.4 Å². The second-order valence-corrected chi connectivity index (χ2v) is 5.31. The van der Waals surface area contributed by atoms with Crippen LogP contribution < -0.4 is 0 Å². The summed E-state index contributed by atoms with van der Waals surface area (Å²) in [5.74, 6) is -0.331. The van der Waals surface area contributed by atoms with E-state index < -0.39 is 10.1 Å². The maximum absolute atomic E-state index is 10.5. The summed E-state index contributed by atoms with van der Waals surface area (Å²) in [7, 11) is -3.84. The molecule has 1 rings (SSSR count). The van der Waals surface area contributed by atoms with E-state index >= 15 is 0 Å². The van der Waals surface area contributed by atoms with Gasteiger partial charge in [0.2, 0.25) is 0 Å². The number of hydrogen-bond acceptors (Lipinski definition) is 3. The molecule has 0 aromatic rings. The van der Waals surface area contributed by atoms with Gasteiger partial charge in [-0.05, 0) is 25.0 Å². The van der Waals surface area contributed by atoms with Crippen molar-refractivity contribution in [2.75, 3.05) is 18.8 Å². The molecule has 0 radical (unpaired) electrons. The zero-order valence-corrected chi connectivity index (χ0v) is 9.20. The lowest BCUT2D eigenvalue weighted by Gasteiger charge is -2.11. The first-order valence-corrected chi connectivity index (χ1v) is 6.46. The van der Waals surface area contributed by atoms with Crippen molar-refractivity contribution in [3.8, 4) is 0 Å². The minimum absolute atomic E-state index is 0.134. The van der Waals surface area contributed by atoms with Crippen LogP contribution in [0.4, 0.5) is 0 Å². The predicted molar refractivity (Wildman–Crippen MR) is 55.5 cm³/mol. The molecule has 0 saturated carbocycles. The van der Waals surface area contributed by atoms with Gasteiger partial charge in [0.25, 0.3) is 10.1 Å². The van der Waals surface area contributed by atoms with Crippen molar-refractivity contribution >= 4 is 10.1 Å². The fourth-order valence-electron chi connectivity index (χ4n) is 1.55. The molecule has 1 aliphatic rings. The van der Waals surface area contributed by atoms with E-state index in [1.165, 1.54) is 12.8 Å². The highest BCUT2D eigenvalue weighted by Gasteiger charge is 2.11. The van der Waals surface area contributed by atoms with Crippen molar-refractivity contribution in [2.45, 2.75) is 19.8 Å². The largest absolute Gasteiger partial charge is 0.378 e. The van der Waals surface area contributed by atoms with Crippen molar-refractivity contribution in [3.63, 3.8) is 0 Å². The van der Waals surface area contributed by atoms with Gasteiger partial charge in [-0.25, -0.2) is 0 Å². The Morgan fingerprint density at radius 1 is 1.43 bits per heavy atom. The molecule has 1 aliphatic heterocycles. The van der Waals surface area contributed by atoms with E-state index in [0.717, 1.165) is 13.1 Å². The summed E-state index contributed by atoms with van der Waals surface area (Å²) in [6, 6.07) is 0. The second kappa shape index (κ2) is 4.79. The molecular weight excluding hydrogens is 202 g/mol. The molecule has 4 nitrogen and oxygen atoms in total. The molecule has 1 heterocycles. The van der Waals surface area contributed by atoms with E-state index in [1.807, 2.05) is 12.3 Å². The van der Waals surface area contributed by atoms with Gasteiger partial charge in [-0.2, -0.15) is 8.42 Å². The monoisotopic (exact) mass is 219 g/mol. The standard InChI is InChI=1S/C9H17NO3S/c1-9(8-14(11,12)13)4-7-10-5-2-3-6-10/h4,7,9H,2-3,5-6,8H2,1H3,(H,11,12,13). The van der Waals surface area contributed by atoms with Gasteiger partial charge < -0.3 is 4.90 Å². The molecule has 82 valence electrons. The molecule has 0 aliphatic carbocycles. The maximum Gasteiger partial charge on any atom is 0.265 e. The lowest BCUT2D eigenvalue weighted by Crippen LogP contribution is -2.14. The molecule has 1 unspecified atom stereocenters. The fraction of sp³-hybridized carbons (Fsp3) is 0.778. The molecule has 1 atom stereocenters. The lowest BCUT2D eigenvalue weighted by molar-refractivity contribution is 0.460.